The summed E-state index contributed by atoms with van der Waals surface area (Å²) in [4.78, 5) is 41.0. The molecule has 1 aliphatic heterocycles. The van der Waals surface area contributed by atoms with Crippen LogP contribution in [0.4, 0.5) is 4.39 Å². The third-order valence-corrected chi connectivity index (χ3v) is 5.83. The molecule has 10 nitrogen and oxygen atoms in total. The predicted molar refractivity (Wildman–Crippen MR) is 129 cm³/mol. The normalized spacial score (nSPS) is 14.2. The number of carbonyl (C=O) groups excluding carboxylic acids is 2. The minimum atomic E-state index is -0.776. The minimum Gasteiger partial charge on any atom is -0.357 e. The minimum absolute atomic E-state index is 0. The lowest BCUT2D eigenvalue weighted by Gasteiger charge is -2.36. The van der Waals surface area contributed by atoms with Crippen molar-refractivity contribution >= 4 is 28.4 Å². The lowest BCUT2D eigenvalue weighted by Crippen LogP contribution is -2.52. The highest BCUT2D eigenvalue weighted by Gasteiger charge is 2.30. The van der Waals surface area contributed by atoms with Crippen LogP contribution in [0.3, 0.4) is 0 Å². The highest BCUT2D eigenvalue weighted by Crippen LogP contribution is 2.26. The van der Waals surface area contributed by atoms with Crippen molar-refractivity contribution in [1.29, 1.82) is 0 Å². The SMILES string of the molecule is C.CN=C(c1ccccc1)N1CCN(C(=O)C(=O)c2c[nH]c3c(-n4ccnn4)ncc(F)c23)CC1. The molecule has 0 aliphatic carbocycles. The third-order valence-electron chi connectivity index (χ3n) is 5.83. The lowest BCUT2D eigenvalue weighted by molar-refractivity contribution is -0.127. The number of H-pyrrole nitrogens is 1. The topological polar surface area (TPSA) is 112 Å². The third kappa shape index (κ3) is 4.27. The first-order chi connectivity index (χ1) is 16.6. The number of rotatable bonds is 4. The maximum atomic E-state index is 14.7. The van der Waals surface area contributed by atoms with E-state index in [0.29, 0.717) is 26.2 Å². The van der Waals surface area contributed by atoms with Gasteiger partial charge in [-0.05, 0) is 0 Å². The second-order valence-corrected chi connectivity index (χ2v) is 7.75. The van der Waals surface area contributed by atoms with Gasteiger partial charge >= 0.3 is 0 Å². The van der Waals surface area contributed by atoms with E-state index in [4.69, 9.17) is 0 Å². The van der Waals surface area contributed by atoms with Gasteiger partial charge in [-0.2, -0.15) is 0 Å². The average molecular weight is 477 g/mol. The Morgan fingerprint density at radius 2 is 1.80 bits per heavy atom. The quantitative estimate of drug-likeness (QED) is 0.209. The molecule has 1 aliphatic rings. The molecule has 0 saturated carbocycles. The number of aliphatic imine (C=N–C) groups is 1. The molecule has 1 fully saturated rings. The van der Waals surface area contributed by atoms with Gasteiger partial charge in [-0.1, -0.05) is 43.0 Å². The van der Waals surface area contributed by atoms with Crippen LogP contribution in [0.2, 0.25) is 0 Å². The van der Waals surface area contributed by atoms with Gasteiger partial charge in [0.2, 0.25) is 0 Å². The van der Waals surface area contributed by atoms with Gasteiger partial charge in [0.15, 0.2) is 11.6 Å². The molecule has 0 bridgehead atoms. The van der Waals surface area contributed by atoms with Gasteiger partial charge in [-0.15, -0.1) is 5.10 Å². The van der Waals surface area contributed by atoms with Crippen molar-refractivity contribution in [3.63, 3.8) is 0 Å². The zero-order valence-electron chi connectivity index (χ0n) is 18.3. The van der Waals surface area contributed by atoms with Crippen molar-refractivity contribution in [1.82, 2.24) is 34.8 Å². The zero-order chi connectivity index (χ0) is 23.7. The van der Waals surface area contributed by atoms with Crippen LogP contribution in [0.1, 0.15) is 23.3 Å². The van der Waals surface area contributed by atoms with Crippen molar-refractivity contribution in [2.75, 3.05) is 33.2 Å². The summed E-state index contributed by atoms with van der Waals surface area (Å²) in [6.45, 7) is 1.77. The lowest BCUT2D eigenvalue weighted by atomic mass is 10.1. The summed E-state index contributed by atoms with van der Waals surface area (Å²) in [6.07, 6.45) is 5.35. The van der Waals surface area contributed by atoms with Gasteiger partial charge in [-0.3, -0.25) is 14.6 Å². The Morgan fingerprint density at radius 1 is 1.09 bits per heavy atom. The second-order valence-electron chi connectivity index (χ2n) is 7.75. The molecule has 4 aromatic rings. The number of nitrogens with zero attached hydrogens (tertiary/aromatic N) is 7. The number of halogens is 1. The number of amides is 1. The molecule has 1 amide bonds. The van der Waals surface area contributed by atoms with Crippen molar-refractivity contribution in [2.45, 2.75) is 7.43 Å². The summed E-state index contributed by atoms with van der Waals surface area (Å²) in [5.74, 6) is -1.03. The van der Waals surface area contributed by atoms with Crippen LogP contribution < -0.4 is 0 Å². The maximum Gasteiger partial charge on any atom is 0.295 e. The maximum absolute atomic E-state index is 14.7. The zero-order valence-corrected chi connectivity index (χ0v) is 18.3. The fraction of sp³-hybridized carbons (Fsp3) is 0.250. The number of Topliss-reactive ketones (excluding diaryl/α,β-unsaturated/α-hetero) is 1. The van der Waals surface area contributed by atoms with E-state index in [1.54, 1.807) is 13.2 Å². The van der Waals surface area contributed by atoms with Gasteiger partial charge in [0.05, 0.1) is 35.1 Å². The first kappa shape index (κ1) is 23.7. The van der Waals surface area contributed by atoms with Crippen molar-refractivity contribution in [3.05, 3.63) is 72.1 Å². The molecule has 0 atom stereocenters. The highest BCUT2D eigenvalue weighted by molar-refractivity contribution is 6.45. The number of ketones is 1. The Morgan fingerprint density at radius 3 is 2.46 bits per heavy atom. The largest absolute Gasteiger partial charge is 0.357 e. The molecule has 180 valence electrons. The number of nitrogens with one attached hydrogen (secondary N) is 1. The average Bonchev–Trinajstić information content (AvgIpc) is 3.56. The predicted octanol–water partition coefficient (Wildman–Crippen LogP) is 2.32. The first-order valence-corrected chi connectivity index (χ1v) is 10.7. The van der Waals surface area contributed by atoms with E-state index in [9.17, 15) is 14.0 Å². The van der Waals surface area contributed by atoms with Crippen LogP contribution in [-0.2, 0) is 4.79 Å². The molecule has 1 saturated heterocycles. The molecule has 35 heavy (non-hydrogen) atoms. The standard InChI is InChI=1S/C23H21FN8O2.CH4/c1-25-21(15-5-3-2-4-6-15)30-9-11-31(12-10-30)23(34)20(33)16-13-26-19-18(16)17(24)14-27-22(19)32-8-7-28-29-32;/h2-8,13-14,26H,9-12H2,1H3;1H4. The number of aromatic nitrogens is 5. The van der Waals surface area contributed by atoms with Gasteiger partial charge in [0.1, 0.15) is 5.84 Å². The highest BCUT2D eigenvalue weighted by atomic mass is 19.1. The van der Waals surface area contributed by atoms with Crippen LogP contribution in [0.25, 0.3) is 16.7 Å². The Balaban J connectivity index is 0.00000289. The summed E-state index contributed by atoms with van der Waals surface area (Å²) in [5.41, 5.74) is 1.22. The molecule has 0 spiro atoms. The van der Waals surface area contributed by atoms with Crippen molar-refractivity contribution in [3.8, 4) is 5.82 Å². The number of fused-ring (bicyclic) bond motifs is 1. The monoisotopic (exact) mass is 476 g/mol. The van der Waals surface area contributed by atoms with E-state index in [0.717, 1.165) is 17.6 Å². The Bertz CT molecular complexity index is 1370. The summed E-state index contributed by atoms with van der Waals surface area (Å²) in [6, 6.07) is 9.80. The molecule has 3 aromatic heterocycles. The van der Waals surface area contributed by atoms with Crippen LogP contribution in [0.15, 0.2) is 60.1 Å². The van der Waals surface area contributed by atoms with Gasteiger partial charge in [-0.25, -0.2) is 14.1 Å². The van der Waals surface area contributed by atoms with E-state index in [1.807, 2.05) is 30.3 Å². The number of amidine groups is 1. The summed E-state index contributed by atoms with van der Waals surface area (Å²) in [7, 11) is 1.73. The molecule has 11 heteroatoms. The Kier molecular flexibility index (Phi) is 6.67. The summed E-state index contributed by atoms with van der Waals surface area (Å²) >= 11 is 0. The summed E-state index contributed by atoms with van der Waals surface area (Å²) < 4.78 is 16.0. The molecule has 1 N–H and O–H groups in total. The molecular formula is C24H25FN8O2. The number of piperazine rings is 1. The molecular weight excluding hydrogens is 451 g/mol. The molecule has 5 rings (SSSR count). The van der Waals surface area contributed by atoms with E-state index >= 15 is 0 Å². The van der Waals surface area contributed by atoms with Gasteiger partial charge in [0.25, 0.3) is 11.7 Å². The number of pyridine rings is 1. The van der Waals surface area contributed by atoms with Gasteiger partial charge in [0, 0.05) is 45.0 Å². The van der Waals surface area contributed by atoms with E-state index in [-0.39, 0.29) is 29.7 Å². The molecule has 0 unspecified atom stereocenters. The second kappa shape index (κ2) is 9.84. The smallest absolute Gasteiger partial charge is 0.295 e. The number of carbonyl (C=O) groups is 2. The number of hydrogen-bond acceptors (Lipinski definition) is 6. The number of hydrogen-bond donors (Lipinski definition) is 1. The first-order valence-electron chi connectivity index (χ1n) is 10.7. The fourth-order valence-corrected chi connectivity index (χ4v) is 4.19. The molecule has 1 aromatic carbocycles. The van der Waals surface area contributed by atoms with Gasteiger partial charge < -0.3 is 14.8 Å². The molecule has 4 heterocycles. The number of aromatic amines is 1. The van der Waals surface area contributed by atoms with E-state index in [1.165, 1.54) is 22.0 Å². The van der Waals surface area contributed by atoms with Crippen molar-refractivity contribution < 1.29 is 14.0 Å². The van der Waals surface area contributed by atoms with Crippen LogP contribution in [-0.4, -0.2) is 85.5 Å². The van der Waals surface area contributed by atoms with Crippen LogP contribution >= 0.6 is 0 Å². The molecule has 0 radical (unpaired) electrons. The Hall–Kier alpha value is -4.41. The van der Waals surface area contributed by atoms with E-state index < -0.39 is 17.5 Å². The van der Waals surface area contributed by atoms with Crippen LogP contribution in [0, 0.1) is 5.82 Å². The van der Waals surface area contributed by atoms with Crippen molar-refractivity contribution in [2.24, 2.45) is 4.99 Å². The van der Waals surface area contributed by atoms with E-state index in [2.05, 4.69) is 30.2 Å². The van der Waals surface area contributed by atoms with Crippen LogP contribution in [0.5, 0.6) is 0 Å². The number of benzene rings is 1. The fourth-order valence-electron chi connectivity index (χ4n) is 4.19. The summed E-state index contributed by atoms with van der Waals surface area (Å²) in [5, 5.41) is 7.60. The Labute approximate surface area is 201 Å².